The second-order valence-electron chi connectivity index (χ2n) is 25.4. The van der Waals surface area contributed by atoms with Crippen LogP contribution >= 0.6 is 15.6 Å². The molecular formula is C87H138O16P2. The molecule has 592 valence electrons. The lowest BCUT2D eigenvalue weighted by molar-refractivity contribution is -0.161. The topological polar surface area (TPSA) is 231 Å². The number of esters is 3. The Morgan fingerprint density at radius 2 is 0.495 bits per heavy atom. The highest BCUT2D eigenvalue weighted by atomic mass is 31.2. The fourth-order valence-corrected chi connectivity index (χ4v) is 11.2. The largest absolute Gasteiger partial charge is 0.472 e. The lowest BCUT2D eigenvalue weighted by atomic mass is 10.1. The molecule has 0 radical (unpaired) electrons. The maximum atomic E-state index is 13.0. The van der Waals surface area contributed by atoms with Crippen molar-refractivity contribution >= 4 is 33.6 Å². The van der Waals surface area contributed by atoms with Gasteiger partial charge in [-0.15, -0.1) is 0 Å². The molecule has 5 atom stereocenters. The monoisotopic (exact) mass is 1500 g/mol. The molecule has 0 amide bonds. The number of phosphoric acid groups is 2. The van der Waals surface area contributed by atoms with Crippen LogP contribution in [0.5, 0.6) is 0 Å². The average molecular weight is 1500 g/mol. The van der Waals surface area contributed by atoms with Gasteiger partial charge in [0.2, 0.25) is 0 Å². The van der Waals surface area contributed by atoms with Gasteiger partial charge in [0.25, 0.3) is 0 Å². The molecule has 0 aliphatic rings. The third-order valence-electron chi connectivity index (χ3n) is 15.5. The van der Waals surface area contributed by atoms with E-state index < -0.39 is 91.5 Å². The summed E-state index contributed by atoms with van der Waals surface area (Å²) in [5.74, 6) is -1.71. The maximum Gasteiger partial charge on any atom is 0.472 e. The van der Waals surface area contributed by atoms with Gasteiger partial charge in [0, 0.05) is 19.3 Å². The Kier molecular flexibility index (Phi) is 73.4. The van der Waals surface area contributed by atoms with Gasteiger partial charge in [-0.1, -0.05) is 298 Å². The lowest BCUT2D eigenvalue weighted by Crippen LogP contribution is -2.29. The summed E-state index contributed by atoms with van der Waals surface area (Å²) >= 11 is 0. The van der Waals surface area contributed by atoms with E-state index in [2.05, 4.69) is 209 Å². The van der Waals surface area contributed by atoms with E-state index in [1.807, 2.05) is 18.2 Å². The normalized spacial score (nSPS) is 15.1. The molecule has 0 aliphatic carbocycles. The molecule has 0 aromatic rings. The third-order valence-corrected chi connectivity index (χ3v) is 17.4. The van der Waals surface area contributed by atoms with Crippen LogP contribution in [0.3, 0.4) is 0 Å². The SMILES string of the molecule is CC/C=C\C/C=C\C/C=C\C/C=C\C/C=C\C/C=C\CCCCCCCCCCC(=O)OCC(O)COP(=O)(O)OCC(O)COP(=O)(O)OCC(COC(=O)CCCCCCCCC/C=C\C/C=C\C/C=C\C/C=C\C/C=C\CC)OC(=O)CC/C=C\C/C=C\C/C=C\C/C=C\C/C=C\C/C=C\CC. The van der Waals surface area contributed by atoms with Crippen LogP contribution in [0.1, 0.15) is 265 Å². The van der Waals surface area contributed by atoms with Gasteiger partial charge in [0.05, 0.1) is 26.4 Å². The summed E-state index contributed by atoms with van der Waals surface area (Å²) in [4.78, 5) is 58.7. The minimum atomic E-state index is -4.97. The van der Waals surface area contributed by atoms with Crippen LogP contribution in [-0.2, 0) is 55.8 Å². The summed E-state index contributed by atoms with van der Waals surface area (Å²) in [6, 6.07) is 0. The van der Waals surface area contributed by atoms with Crippen LogP contribution in [0.2, 0.25) is 0 Å². The van der Waals surface area contributed by atoms with Crippen LogP contribution in [0, 0.1) is 0 Å². The van der Waals surface area contributed by atoms with Crippen molar-refractivity contribution in [1.29, 1.82) is 0 Å². The standard InChI is InChI=1S/C87H138O16P2/c1-4-7-10-13-16-19-22-25-28-31-34-36-38-39-40-41-43-45-47-49-52-55-58-61-64-67-70-73-85(90)97-76-82(88)77-99-104(93,94)100-78-83(89)79-101-105(95,96)102-81-84(103-87(92)75-72-69-66-63-60-57-54-51-46-33-30-27-24-21-18-15-12-9-6-3)80-98-86(91)74-71-68-65-62-59-56-53-50-48-44-42-37-35-32-29-26-23-20-17-14-11-8-5-2/h7-12,16-21,25-30,34-37,39-40,43-46,48,51,57,60,66,69,82-84,88-89H,4-6,13-15,22-24,31-33,38,41-42,47,49-50,52-56,58-59,61-65,67-68,70-81H2,1-3H3,(H,93,94)(H,95,96)/b10-7-,11-8-,12-9-,19-16-,20-17-,21-18-,28-25-,29-26-,30-27-,36-34-,37-35-,40-39-,45-43-,48-44-,51-46-,60-57-,69-66-. The quantitative estimate of drug-likeness (QED) is 0.0146. The Labute approximate surface area is 635 Å². The predicted octanol–water partition coefficient (Wildman–Crippen LogP) is 23.3. The maximum absolute atomic E-state index is 13.0. The van der Waals surface area contributed by atoms with Crippen molar-refractivity contribution in [2.75, 3.05) is 39.6 Å². The Balaban J connectivity index is 4.74. The van der Waals surface area contributed by atoms with Gasteiger partial charge >= 0.3 is 33.6 Å². The molecular weight excluding hydrogens is 1360 g/mol. The second-order valence-corrected chi connectivity index (χ2v) is 28.3. The van der Waals surface area contributed by atoms with Crippen molar-refractivity contribution < 1.29 is 75.8 Å². The van der Waals surface area contributed by atoms with E-state index in [0.29, 0.717) is 25.7 Å². The first kappa shape index (κ1) is 99.1. The molecule has 0 aromatic heterocycles. The number of allylic oxidation sites excluding steroid dienone is 34. The van der Waals surface area contributed by atoms with Crippen LogP contribution < -0.4 is 0 Å². The predicted molar refractivity (Wildman–Crippen MR) is 435 cm³/mol. The summed E-state index contributed by atoms with van der Waals surface area (Å²) in [6.07, 6.45) is 103. The minimum Gasteiger partial charge on any atom is -0.463 e. The van der Waals surface area contributed by atoms with Crippen molar-refractivity contribution in [3.8, 4) is 0 Å². The summed E-state index contributed by atoms with van der Waals surface area (Å²) < 4.78 is 61.1. The Morgan fingerprint density at radius 3 is 0.790 bits per heavy atom. The molecule has 16 nitrogen and oxygen atoms in total. The van der Waals surface area contributed by atoms with Crippen LogP contribution in [0.15, 0.2) is 207 Å². The summed E-state index contributed by atoms with van der Waals surface area (Å²) in [6.45, 7) is 2.20. The molecule has 0 rings (SSSR count). The summed E-state index contributed by atoms with van der Waals surface area (Å²) in [5.41, 5.74) is 0. The van der Waals surface area contributed by atoms with E-state index in [0.717, 1.165) is 180 Å². The van der Waals surface area contributed by atoms with Crippen LogP contribution in [-0.4, -0.2) is 95.9 Å². The number of phosphoric ester groups is 2. The van der Waals surface area contributed by atoms with E-state index in [4.69, 9.17) is 32.3 Å². The van der Waals surface area contributed by atoms with E-state index in [-0.39, 0.29) is 19.3 Å². The Hall–Kier alpha value is -5.87. The highest BCUT2D eigenvalue weighted by molar-refractivity contribution is 7.47. The fourth-order valence-electron chi connectivity index (χ4n) is 9.63. The first-order valence-corrected chi connectivity index (χ1v) is 42.4. The zero-order valence-electron chi connectivity index (χ0n) is 64.6. The second kappa shape index (κ2) is 77.7. The Bertz CT molecular complexity index is 2740. The van der Waals surface area contributed by atoms with Gasteiger partial charge in [-0.3, -0.25) is 32.5 Å². The fraction of sp³-hybridized carbons (Fsp3) is 0.575. The van der Waals surface area contributed by atoms with Crippen molar-refractivity contribution in [3.05, 3.63) is 207 Å². The molecule has 0 heterocycles. The van der Waals surface area contributed by atoms with Gasteiger partial charge in [-0.05, 0) is 154 Å². The number of aliphatic hydroxyl groups is 2. The van der Waals surface area contributed by atoms with E-state index in [1.54, 1.807) is 0 Å². The molecule has 0 bridgehead atoms. The smallest absolute Gasteiger partial charge is 0.463 e. The number of carbonyl (C=O) groups is 3. The van der Waals surface area contributed by atoms with Gasteiger partial charge < -0.3 is 34.2 Å². The van der Waals surface area contributed by atoms with Crippen LogP contribution in [0.25, 0.3) is 0 Å². The van der Waals surface area contributed by atoms with Crippen molar-refractivity contribution in [3.63, 3.8) is 0 Å². The number of ether oxygens (including phenoxy) is 3. The van der Waals surface area contributed by atoms with Crippen LogP contribution in [0.4, 0.5) is 0 Å². The minimum absolute atomic E-state index is 0.0321. The number of carbonyl (C=O) groups excluding carboxylic acids is 3. The number of hydrogen-bond acceptors (Lipinski definition) is 14. The van der Waals surface area contributed by atoms with E-state index in [9.17, 15) is 43.5 Å². The van der Waals surface area contributed by atoms with E-state index in [1.165, 1.54) is 19.3 Å². The molecule has 0 aromatic carbocycles. The highest BCUT2D eigenvalue weighted by Gasteiger charge is 2.29. The molecule has 0 spiro atoms. The molecule has 105 heavy (non-hydrogen) atoms. The number of aliphatic hydroxyl groups excluding tert-OH is 2. The van der Waals surface area contributed by atoms with Gasteiger partial charge in [0.1, 0.15) is 25.4 Å². The van der Waals surface area contributed by atoms with Gasteiger partial charge in [0.15, 0.2) is 6.10 Å². The average Bonchev–Trinajstić information content (AvgIpc) is 0.941. The lowest BCUT2D eigenvalue weighted by Gasteiger charge is -2.21. The Morgan fingerprint density at radius 1 is 0.267 bits per heavy atom. The third kappa shape index (κ3) is 79.0. The summed E-state index contributed by atoms with van der Waals surface area (Å²) in [5, 5.41) is 20.6. The molecule has 0 aliphatic heterocycles. The van der Waals surface area contributed by atoms with E-state index >= 15 is 0 Å². The van der Waals surface area contributed by atoms with Crippen molar-refractivity contribution in [1.82, 2.24) is 0 Å². The molecule has 18 heteroatoms. The highest BCUT2D eigenvalue weighted by Crippen LogP contribution is 2.45. The molecule has 0 saturated carbocycles. The molecule has 0 saturated heterocycles. The first-order chi connectivity index (χ1) is 51.2. The molecule has 5 unspecified atom stereocenters. The number of rotatable bonds is 72. The zero-order valence-corrected chi connectivity index (χ0v) is 66.3. The first-order valence-electron chi connectivity index (χ1n) is 39.4. The van der Waals surface area contributed by atoms with Gasteiger partial charge in [-0.2, -0.15) is 0 Å². The molecule has 4 N–H and O–H groups in total. The number of unbranched alkanes of at least 4 members (excludes halogenated alkanes) is 15. The van der Waals surface area contributed by atoms with Gasteiger partial charge in [-0.25, -0.2) is 9.13 Å². The molecule has 0 fully saturated rings. The zero-order chi connectivity index (χ0) is 76.6. The number of hydrogen-bond donors (Lipinski definition) is 4. The summed E-state index contributed by atoms with van der Waals surface area (Å²) in [7, 11) is -9.84. The van der Waals surface area contributed by atoms with Crippen molar-refractivity contribution in [2.24, 2.45) is 0 Å². The van der Waals surface area contributed by atoms with Crippen molar-refractivity contribution in [2.45, 2.75) is 283 Å².